The predicted octanol–water partition coefficient (Wildman–Crippen LogP) is 4.70. The summed E-state index contributed by atoms with van der Waals surface area (Å²) < 4.78 is 34.8. The number of ketones is 1. The highest BCUT2D eigenvalue weighted by molar-refractivity contribution is 7.92. The highest BCUT2D eigenvalue weighted by Crippen LogP contribution is 2.33. The molecular formula is C32H31N3O5S. The zero-order chi connectivity index (χ0) is 28.4. The number of nitrogens with one attached hydrogen (secondary N) is 2. The SMILES string of the molecule is O=C1CCc2cc(NS(=O)(=O)c3ccc(-c4ccc5c(c4)CC[C@H](CNC[C@H](O)c4cccnc4)O5)cc3)ccc21. The molecule has 0 unspecified atom stereocenters. The minimum atomic E-state index is -3.77. The van der Waals surface area contributed by atoms with Gasteiger partial charge in [-0.15, -0.1) is 0 Å². The Balaban J connectivity index is 1.06. The van der Waals surface area contributed by atoms with Crippen molar-refractivity contribution < 1.29 is 23.1 Å². The summed E-state index contributed by atoms with van der Waals surface area (Å²) in [6.45, 7) is 1.05. The van der Waals surface area contributed by atoms with Gasteiger partial charge in [0.05, 0.1) is 11.0 Å². The molecule has 0 fully saturated rings. The molecule has 3 aromatic carbocycles. The van der Waals surface area contributed by atoms with Crippen molar-refractivity contribution in [3.63, 3.8) is 0 Å². The average molecular weight is 570 g/mol. The predicted molar refractivity (Wildman–Crippen MR) is 157 cm³/mol. The Morgan fingerprint density at radius 2 is 1.78 bits per heavy atom. The lowest BCUT2D eigenvalue weighted by Crippen LogP contribution is -2.36. The molecule has 0 saturated carbocycles. The first-order valence-electron chi connectivity index (χ1n) is 13.7. The molecule has 0 spiro atoms. The summed E-state index contributed by atoms with van der Waals surface area (Å²) in [7, 11) is -3.77. The molecular weight excluding hydrogens is 538 g/mol. The molecule has 1 aliphatic carbocycles. The number of hydrogen-bond donors (Lipinski definition) is 3. The van der Waals surface area contributed by atoms with Crippen LogP contribution in [0.3, 0.4) is 0 Å². The summed E-state index contributed by atoms with van der Waals surface area (Å²) in [5.74, 6) is 0.947. The molecule has 4 aromatic rings. The Hall–Kier alpha value is -4.05. The second-order valence-electron chi connectivity index (χ2n) is 10.5. The summed E-state index contributed by atoms with van der Waals surface area (Å²) in [6.07, 6.45) is 5.57. The van der Waals surface area contributed by atoms with Gasteiger partial charge >= 0.3 is 0 Å². The average Bonchev–Trinajstić information content (AvgIpc) is 3.36. The number of sulfonamides is 1. The lowest BCUT2D eigenvalue weighted by atomic mass is 9.97. The van der Waals surface area contributed by atoms with E-state index < -0.39 is 16.1 Å². The molecule has 9 heteroatoms. The van der Waals surface area contributed by atoms with Crippen LogP contribution in [0.1, 0.15) is 46.0 Å². The van der Waals surface area contributed by atoms with E-state index in [0.717, 1.165) is 46.4 Å². The van der Waals surface area contributed by atoms with E-state index in [-0.39, 0.29) is 16.8 Å². The second kappa shape index (κ2) is 11.4. The van der Waals surface area contributed by atoms with Crippen molar-refractivity contribution in [1.82, 2.24) is 10.3 Å². The van der Waals surface area contributed by atoms with Gasteiger partial charge in [-0.2, -0.15) is 0 Å². The second-order valence-corrected chi connectivity index (χ2v) is 12.2. The first kappa shape index (κ1) is 27.1. The minimum absolute atomic E-state index is 0.0117. The van der Waals surface area contributed by atoms with Gasteiger partial charge in [0.2, 0.25) is 0 Å². The van der Waals surface area contributed by atoms with Gasteiger partial charge in [0.1, 0.15) is 11.9 Å². The number of hydrogen-bond acceptors (Lipinski definition) is 7. The van der Waals surface area contributed by atoms with Gasteiger partial charge in [-0.1, -0.05) is 24.3 Å². The summed E-state index contributed by atoms with van der Waals surface area (Å²) in [4.78, 5) is 16.1. The lowest BCUT2D eigenvalue weighted by molar-refractivity contribution is 0.0994. The molecule has 6 rings (SSSR count). The standard InChI is InChI=1S/C32H31N3O5S/c36-30-13-6-23-17-26(8-12-29(23)30)35-41(38,39)28-10-4-21(5-11-28)22-7-14-32-24(16-22)3-9-27(40-32)19-34-20-31(37)25-2-1-15-33-18-25/h1-2,4-5,7-8,10-12,14-18,27,31,34-35,37H,3,6,9,13,19-20H2/t27-,31+/m1/s1. The van der Waals surface area contributed by atoms with Crippen LogP contribution in [0.2, 0.25) is 0 Å². The third-order valence-electron chi connectivity index (χ3n) is 7.65. The highest BCUT2D eigenvalue weighted by atomic mass is 32.2. The zero-order valence-corrected chi connectivity index (χ0v) is 23.2. The molecule has 8 nitrogen and oxygen atoms in total. The first-order chi connectivity index (χ1) is 19.9. The Bertz CT molecular complexity index is 1670. The van der Waals surface area contributed by atoms with E-state index in [1.807, 2.05) is 36.4 Å². The van der Waals surface area contributed by atoms with E-state index in [1.165, 1.54) is 0 Å². The summed E-state index contributed by atoms with van der Waals surface area (Å²) >= 11 is 0. The van der Waals surface area contributed by atoms with E-state index in [0.29, 0.717) is 37.2 Å². The van der Waals surface area contributed by atoms with Crippen molar-refractivity contribution in [2.75, 3.05) is 17.8 Å². The Kier molecular flexibility index (Phi) is 7.57. The minimum Gasteiger partial charge on any atom is -0.489 e. The molecule has 2 heterocycles. The van der Waals surface area contributed by atoms with Crippen LogP contribution in [0.15, 0.2) is 90.1 Å². The van der Waals surface area contributed by atoms with Crippen LogP contribution in [0.25, 0.3) is 11.1 Å². The maximum Gasteiger partial charge on any atom is 0.261 e. The third-order valence-corrected chi connectivity index (χ3v) is 9.04. The van der Waals surface area contributed by atoms with E-state index in [1.54, 1.807) is 42.7 Å². The maximum absolute atomic E-state index is 13.0. The normalized spacial score (nSPS) is 16.9. The number of ether oxygens (including phenoxy) is 1. The monoisotopic (exact) mass is 569 g/mol. The number of rotatable bonds is 9. The van der Waals surface area contributed by atoms with Crippen molar-refractivity contribution in [2.45, 2.75) is 42.8 Å². The number of Topliss-reactive ketones (excluding diaryl/α,β-unsaturated/α-hetero) is 1. The molecule has 0 radical (unpaired) electrons. The quantitative estimate of drug-likeness (QED) is 0.268. The number of aromatic nitrogens is 1. The number of fused-ring (bicyclic) bond motifs is 2. The molecule has 2 atom stereocenters. The van der Waals surface area contributed by atoms with Crippen LogP contribution >= 0.6 is 0 Å². The fourth-order valence-corrected chi connectivity index (χ4v) is 6.45. The smallest absolute Gasteiger partial charge is 0.261 e. The zero-order valence-electron chi connectivity index (χ0n) is 22.4. The van der Waals surface area contributed by atoms with Crippen molar-refractivity contribution in [3.05, 3.63) is 107 Å². The van der Waals surface area contributed by atoms with Crippen LogP contribution in [-0.2, 0) is 22.9 Å². The molecule has 41 heavy (non-hydrogen) atoms. The summed E-state index contributed by atoms with van der Waals surface area (Å²) in [5.41, 5.74) is 5.81. The van der Waals surface area contributed by atoms with Crippen LogP contribution in [0, 0.1) is 0 Å². The van der Waals surface area contributed by atoms with Gasteiger partial charge in [-0.25, -0.2) is 8.42 Å². The number of aliphatic hydroxyl groups is 1. The Morgan fingerprint density at radius 1 is 0.951 bits per heavy atom. The fraction of sp³-hybridized carbons (Fsp3) is 0.250. The van der Waals surface area contributed by atoms with Crippen LogP contribution in [0.4, 0.5) is 5.69 Å². The Morgan fingerprint density at radius 3 is 2.59 bits per heavy atom. The van der Waals surface area contributed by atoms with Crippen molar-refractivity contribution in [3.8, 4) is 16.9 Å². The molecule has 0 amide bonds. The molecule has 0 bridgehead atoms. The van der Waals surface area contributed by atoms with Gasteiger partial charge < -0.3 is 15.2 Å². The van der Waals surface area contributed by atoms with Gasteiger partial charge in [-0.3, -0.25) is 14.5 Å². The maximum atomic E-state index is 13.0. The topological polar surface area (TPSA) is 118 Å². The molecule has 210 valence electrons. The molecule has 1 aromatic heterocycles. The fourth-order valence-electron chi connectivity index (χ4n) is 5.40. The largest absolute Gasteiger partial charge is 0.489 e. The van der Waals surface area contributed by atoms with Crippen LogP contribution in [0.5, 0.6) is 5.75 Å². The number of carbonyl (C=O) groups is 1. The number of carbonyl (C=O) groups excluding carboxylic acids is 1. The van der Waals surface area contributed by atoms with E-state index in [9.17, 15) is 18.3 Å². The van der Waals surface area contributed by atoms with Crippen LogP contribution < -0.4 is 14.8 Å². The number of aryl methyl sites for hydroxylation is 2. The van der Waals surface area contributed by atoms with Gasteiger partial charge in [0.25, 0.3) is 10.0 Å². The molecule has 2 aliphatic rings. The highest BCUT2D eigenvalue weighted by Gasteiger charge is 2.22. The van der Waals surface area contributed by atoms with E-state index in [4.69, 9.17) is 4.74 Å². The van der Waals surface area contributed by atoms with Gasteiger partial charge in [0.15, 0.2) is 5.78 Å². The van der Waals surface area contributed by atoms with E-state index >= 15 is 0 Å². The van der Waals surface area contributed by atoms with Crippen molar-refractivity contribution in [2.24, 2.45) is 0 Å². The van der Waals surface area contributed by atoms with Crippen LogP contribution in [-0.4, -0.2) is 43.5 Å². The number of pyridine rings is 1. The summed E-state index contributed by atoms with van der Waals surface area (Å²) in [5, 5.41) is 13.6. The third kappa shape index (κ3) is 6.02. The molecule has 1 aliphatic heterocycles. The van der Waals surface area contributed by atoms with Gasteiger partial charge in [0, 0.05) is 48.7 Å². The number of benzene rings is 3. The molecule has 3 N–H and O–H groups in total. The Labute approximate surface area is 239 Å². The lowest BCUT2D eigenvalue weighted by Gasteiger charge is -2.27. The van der Waals surface area contributed by atoms with Gasteiger partial charge in [-0.05, 0) is 90.0 Å². The van der Waals surface area contributed by atoms with E-state index in [2.05, 4.69) is 21.1 Å². The first-order valence-corrected chi connectivity index (χ1v) is 15.2. The molecule has 0 saturated heterocycles. The number of nitrogens with zero attached hydrogens (tertiary/aromatic N) is 1. The van der Waals surface area contributed by atoms with Crippen molar-refractivity contribution in [1.29, 1.82) is 0 Å². The van der Waals surface area contributed by atoms with Crippen molar-refractivity contribution >= 4 is 21.5 Å². The number of anilines is 1. The number of aliphatic hydroxyl groups excluding tert-OH is 1. The summed E-state index contributed by atoms with van der Waals surface area (Å²) in [6, 6.07) is 21.6.